The van der Waals surface area contributed by atoms with Crippen molar-refractivity contribution in [3.8, 4) is 0 Å². The molecule has 1 aliphatic rings. The number of allylic oxidation sites excluding steroid dienone is 2. The van der Waals surface area contributed by atoms with E-state index in [1.165, 1.54) is 12.8 Å². The fraction of sp³-hybridized carbons (Fsp3) is 0.438. The van der Waals surface area contributed by atoms with E-state index in [9.17, 15) is 4.79 Å². The number of anilines is 1. The third-order valence-electron chi connectivity index (χ3n) is 3.44. The smallest absolute Gasteiger partial charge is 0.338 e. The molecule has 3 nitrogen and oxygen atoms in total. The average molecular weight is 338 g/mol. The van der Waals surface area contributed by atoms with Gasteiger partial charge < -0.3 is 10.1 Å². The molecule has 0 spiro atoms. The van der Waals surface area contributed by atoms with Crippen LogP contribution in [0.25, 0.3) is 0 Å². The summed E-state index contributed by atoms with van der Waals surface area (Å²) in [5, 5.41) is 3.45. The minimum Gasteiger partial charge on any atom is -0.462 e. The molecule has 1 aromatic rings. The zero-order valence-electron chi connectivity index (χ0n) is 11.7. The van der Waals surface area contributed by atoms with Crippen molar-refractivity contribution in [1.29, 1.82) is 0 Å². The van der Waals surface area contributed by atoms with Gasteiger partial charge in [-0.2, -0.15) is 0 Å². The summed E-state index contributed by atoms with van der Waals surface area (Å²) in [7, 11) is 0. The van der Waals surface area contributed by atoms with Gasteiger partial charge in [0.05, 0.1) is 12.2 Å². The van der Waals surface area contributed by atoms with Crippen LogP contribution in [0.5, 0.6) is 0 Å². The molecule has 0 heterocycles. The molecule has 0 aromatic heterocycles. The first kappa shape index (κ1) is 15.1. The Morgan fingerprint density at radius 3 is 2.95 bits per heavy atom. The van der Waals surface area contributed by atoms with Crippen LogP contribution in [-0.2, 0) is 4.74 Å². The second-order valence-corrected chi connectivity index (χ2v) is 5.80. The summed E-state index contributed by atoms with van der Waals surface area (Å²) >= 11 is 3.51. The third-order valence-corrected chi connectivity index (χ3v) is 4.10. The summed E-state index contributed by atoms with van der Waals surface area (Å²) in [6, 6.07) is 5.53. The van der Waals surface area contributed by atoms with Crippen molar-refractivity contribution >= 4 is 27.6 Å². The summed E-state index contributed by atoms with van der Waals surface area (Å²) in [5.41, 5.74) is 1.59. The van der Waals surface area contributed by atoms with Gasteiger partial charge in [0.1, 0.15) is 0 Å². The number of hydrogen-bond acceptors (Lipinski definition) is 3. The molecule has 1 aromatic carbocycles. The Kier molecular flexibility index (Phi) is 5.65. The van der Waals surface area contributed by atoms with Gasteiger partial charge in [0.15, 0.2) is 0 Å². The zero-order chi connectivity index (χ0) is 14.4. The normalized spacial score (nSPS) is 17.8. The summed E-state index contributed by atoms with van der Waals surface area (Å²) in [4.78, 5) is 11.6. The van der Waals surface area contributed by atoms with Crippen molar-refractivity contribution in [3.63, 3.8) is 0 Å². The van der Waals surface area contributed by atoms with Crippen LogP contribution in [-0.4, -0.2) is 19.1 Å². The SMILES string of the molecule is CCOC(=O)c1ccc(NCC2CC=CCC2)c(Br)c1. The van der Waals surface area contributed by atoms with Crippen LogP contribution in [0.4, 0.5) is 5.69 Å². The monoisotopic (exact) mass is 337 g/mol. The van der Waals surface area contributed by atoms with E-state index in [1.807, 2.05) is 13.0 Å². The first-order chi connectivity index (χ1) is 9.70. The van der Waals surface area contributed by atoms with E-state index >= 15 is 0 Å². The molecular formula is C16H20BrNO2. The minimum atomic E-state index is -0.280. The zero-order valence-corrected chi connectivity index (χ0v) is 13.3. The molecule has 1 N–H and O–H groups in total. The maximum absolute atomic E-state index is 11.6. The Labute approximate surface area is 128 Å². The molecule has 1 aliphatic carbocycles. The first-order valence-electron chi connectivity index (χ1n) is 7.06. The first-order valence-corrected chi connectivity index (χ1v) is 7.85. The summed E-state index contributed by atoms with van der Waals surface area (Å²) < 4.78 is 5.89. The number of carbonyl (C=O) groups excluding carboxylic acids is 1. The van der Waals surface area contributed by atoms with Gasteiger partial charge in [-0.25, -0.2) is 4.79 Å². The fourth-order valence-corrected chi connectivity index (χ4v) is 2.81. The second-order valence-electron chi connectivity index (χ2n) is 4.95. The van der Waals surface area contributed by atoms with E-state index in [0.29, 0.717) is 18.1 Å². The molecule has 0 fully saturated rings. The molecule has 108 valence electrons. The van der Waals surface area contributed by atoms with Crippen LogP contribution >= 0.6 is 15.9 Å². The number of carbonyl (C=O) groups is 1. The number of nitrogens with one attached hydrogen (secondary N) is 1. The van der Waals surface area contributed by atoms with Gasteiger partial charge in [-0.1, -0.05) is 12.2 Å². The van der Waals surface area contributed by atoms with E-state index in [-0.39, 0.29) is 5.97 Å². The fourth-order valence-electron chi connectivity index (χ4n) is 2.30. The van der Waals surface area contributed by atoms with Crippen molar-refractivity contribution in [2.75, 3.05) is 18.5 Å². The molecule has 1 atom stereocenters. The van der Waals surface area contributed by atoms with Crippen LogP contribution in [0.1, 0.15) is 36.5 Å². The molecule has 1 unspecified atom stereocenters. The number of halogens is 1. The third kappa shape index (κ3) is 4.10. The Morgan fingerprint density at radius 2 is 2.30 bits per heavy atom. The van der Waals surface area contributed by atoms with Crippen molar-refractivity contribution in [1.82, 2.24) is 0 Å². The van der Waals surface area contributed by atoms with Crippen molar-refractivity contribution in [2.45, 2.75) is 26.2 Å². The standard InChI is InChI=1S/C16H20BrNO2/c1-2-20-16(19)13-8-9-15(14(17)10-13)18-11-12-6-4-3-5-7-12/h3-4,8-10,12,18H,2,5-7,11H2,1H3. The lowest BCUT2D eigenvalue weighted by molar-refractivity contribution is 0.0526. The minimum absolute atomic E-state index is 0.280. The number of esters is 1. The van der Waals surface area contributed by atoms with Crippen LogP contribution in [0.15, 0.2) is 34.8 Å². The lowest BCUT2D eigenvalue weighted by Crippen LogP contribution is -2.15. The number of rotatable bonds is 5. The van der Waals surface area contributed by atoms with Crippen molar-refractivity contribution in [3.05, 3.63) is 40.4 Å². The van der Waals surface area contributed by atoms with Gasteiger partial charge in [-0.05, 0) is 66.2 Å². The lowest BCUT2D eigenvalue weighted by Gasteiger charge is -2.19. The molecular weight excluding hydrogens is 318 g/mol. The van der Waals surface area contributed by atoms with Crippen LogP contribution < -0.4 is 5.32 Å². The van der Waals surface area contributed by atoms with Gasteiger partial charge >= 0.3 is 5.97 Å². The van der Waals surface area contributed by atoms with E-state index < -0.39 is 0 Å². The Bertz CT molecular complexity index is 499. The Balaban J connectivity index is 1.95. The Hall–Kier alpha value is -1.29. The number of ether oxygens (including phenoxy) is 1. The maximum Gasteiger partial charge on any atom is 0.338 e. The van der Waals surface area contributed by atoms with Gasteiger partial charge in [-0.3, -0.25) is 0 Å². The average Bonchev–Trinajstić information content (AvgIpc) is 2.47. The van der Waals surface area contributed by atoms with Crippen LogP contribution in [0, 0.1) is 5.92 Å². The molecule has 0 saturated carbocycles. The largest absolute Gasteiger partial charge is 0.462 e. The van der Waals surface area contributed by atoms with Gasteiger partial charge in [0.2, 0.25) is 0 Å². The summed E-state index contributed by atoms with van der Waals surface area (Å²) in [5.74, 6) is 0.411. The molecule has 2 rings (SSSR count). The van der Waals surface area contributed by atoms with E-state index in [0.717, 1.165) is 23.1 Å². The molecule has 20 heavy (non-hydrogen) atoms. The molecule has 0 aliphatic heterocycles. The Morgan fingerprint density at radius 1 is 1.45 bits per heavy atom. The van der Waals surface area contributed by atoms with Gasteiger partial charge in [-0.15, -0.1) is 0 Å². The molecule has 0 amide bonds. The predicted octanol–water partition coefficient (Wildman–Crippen LogP) is 4.39. The highest BCUT2D eigenvalue weighted by Gasteiger charge is 2.12. The summed E-state index contributed by atoms with van der Waals surface area (Å²) in [6.45, 7) is 3.16. The molecule has 4 heteroatoms. The highest BCUT2D eigenvalue weighted by Crippen LogP contribution is 2.26. The van der Waals surface area contributed by atoms with E-state index in [2.05, 4.69) is 33.4 Å². The quantitative estimate of drug-likeness (QED) is 0.639. The van der Waals surface area contributed by atoms with Gasteiger partial charge in [0, 0.05) is 16.7 Å². The number of hydrogen-bond donors (Lipinski definition) is 1. The van der Waals surface area contributed by atoms with Crippen molar-refractivity contribution in [2.24, 2.45) is 5.92 Å². The molecule has 0 bridgehead atoms. The summed E-state index contributed by atoms with van der Waals surface area (Å²) in [6.07, 6.45) is 8.07. The van der Waals surface area contributed by atoms with Crippen LogP contribution in [0.2, 0.25) is 0 Å². The lowest BCUT2D eigenvalue weighted by atomic mass is 9.94. The van der Waals surface area contributed by atoms with Crippen molar-refractivity contribution < 1.29 is 9.53 Å². The van der Waals surface area contributed by atoms with E-state index in [1.54, 1.807) is 12.1 Å². The van der Waals surface area contributed by atoms with E-state index in [4.69, 9.17) is 4.74 Å². The highest BCUT2D eigenvalue weighted by atomic mass is 79.9. The van der Waals surface area contributed by atoms with Crippen LogP contribution in [0.3, 0.4) is 0 Å². The number of benzene rings is 1. The highest BCUT2D eigenvalue weighted by molar-refractivity contribution is 9.10. The maximum atomic E-state index is 11.6. The molecule has 0 saturated heterocycles. The second kappa shape index (κ2) is 7.48. The molecule has 0 radical (unpaired) electrons. The topological polar surface area (TPSA) is 38.3 Å². The predicted molar refractivity (Wildman–Crippen MR) is 85.1 cm³/mol. The van der Waals surface area contributed by atoms with Gasteiger partial charge in [0.25, 0.3) is 0 Å².